The highest BCUT2D eigenvalue weighted by Gasteiger charge is 2.20. The van der Waals surface area contributed by atoms with Crippen LogP contribution in [0.4, 0.5) is 8.78 Å². The van der Waals surface area contributed by atoms with Gasteiger partial charge in [-0.05, 0) is 31.2 Å². The lowest BCUT2D eigenvalue weighted by molar-refractivity contribution is -0.148. The van der Waals surface area contributed by atoms with Gasteiger partial charge in [-0.2, -0.15) is 0 Å². The van der Waals surface area contributed by atoms with Crippen molar-refractivity contribution >= 4 is 5.97 Å². The molecule has 19 heavy (non-hydrogen) atoms. The van der Waals surface area contributed by atoms with E-state index in [2.05, 4.69) is 10.1 Å². The highest BCUT2D eigenvalue weighted by Crippen LogP contribution is 2.24. The van der Waals surface area contributed by atoms with E-state index < -0.39 is 29.5 Å². The van der Waals surface area contributed by atoms with Crippen molar-refractivity contribution < 1.29 is 23.0 Å². The first-order chi connectivity index (χ1) is 8.99. The highest BCUT2D eigenvalue weighted by atomic mass is 19.1. The zero-order chi connectivity index (χ0) is 14.4. The van der Waals surface area contributed by atoms with E-state index in [4.69, 9.17) is 4.74 Å². The maximum Gasteiger partial charge on any atom is 0.346 e. The molecular weight excluding hydrogens is 256 g/mol. The van der Waals surface area contributed by atoms with Crippen LogP contribution in [-0.4, -0.2) is 25.7 Å². The topological polar surface area (TPSA) is 47.6 Å². The van der Waals surface area contributed by atoms with E-state index in [-0.39, 0.29) is 0 Å². The van der Waals surface area contributed by atoms with Gasteiger partial charge in [-0.1, -0.05) is 6.92 Å². The van der Waals surface area contributed by atoms with Crippen LogP contribution in [0.15, 0.2) is 12.1 Å². The van der Waals surface area contributed by atoms with Crippen LogP contribution in [0.3, 0.4) is 0 Å². The van der Waals surface area contributed by atoms with Crippen molar-refractivity contribution in [3.8, 4) is 5.75 Å². The van der Waals surface area contributed by atoms with Crippen molar-refractivity contribution in [3.05, 3.63) is 29.3 Å². The van der Waals surface area contributed by atoms with Gasteiger partial charge >= 0.3 is 5.97 Å². The van der Waals surface area contributed by atoms with Crippen molar-refractivity contribution in [2.24, 2.45) is 0 Å². The maximum absolute atomic E-state index is 13.7. The molecule has 0 aromatic heterocycles. The predicted octanol–water partition coefficient (Wildman–Crippen LogP) is 2.01. The number of hydrogen-bond donors (Lipinski definition) is 1. The van der Waals surface area contributed by atoms with Crippen molar-refractivity contribution in [2.45, 2.75) is 26.5 Å². The summed E-state index contributed by atoms with van der Waals surface area (Å²) in [5.74, 6) is -2.96. The molecule has 1 aromatic carbocycles. The molecule has 0 saturated heterocycles. The Labute approximate surface area is 110 Å². The van der Waals surface area contributed by atoms with Gasteiger partial charge in [-0.25, -0.2) is 13.6 Å². The number of esters is 1. The fraction of sp³-hybridized carbons (Fsp3) is 0.462. The quantitative estimate of drug-likeness (QED) is 0.805. The molecule has 0 aliphatic rings. The number of methoxy groups -OCH3 is 1. The molecule has 1 atom stereocenters. The Kier molecular flexibility index (Phi) is 5.69. The smallest absolute Gasteiger partial charge is 0.346 e. The van der Waals surface area contributed by atoms with Crippen LogP contribution in [-0.2, 0) is 16.1 Å². The molecule has 4 nitrogen and oxygen atoms in total. The molecule has 0 spiro atoms. The second kappa shape index (κ2) is 7.04. The summed E-state index contributed by atoms with van der Waals surface area (Å²) in [6.45, 7) is 4.30. The van der Waals surface area contributed by atoms with E-state index >= 15 is 0 Å². The van der Waals surface area contributed by atoms with Crippen LogP contribution in [0.2, 0.25) is 0 Å². The van der Waals surface area contributed by atoms with Crippen LogP contribution in [0.1, 0.15) is 19.4 Å². The first-order valence-electron chi connectivity index (χ1n) is 5.92. The van der Waals surface area contributed by atoms with Crippen LogP contribution in [0, 0.1) is 11.6 Å². The highest BCUT2D eigenvalue weighted by molar-refractivity contribution is 5.74. The number of hydrogen-bond acceptors (Lipinski definition) is 4. The van der Waals surface area contributed by atoms with Crippen molar-refractivity contribution in [1.82, 2.24) is 5.32 Å². The van der Waals surface area contributed by atoms with Gasteiger partial charge < -0.3 is 14.8 Å². The summed E-state index contributed by atoms with van der Waals surface area (Å²) in [6, 6.07) is 2.34. The monoisotopic (exact) mass is 273 g/mol. The lowest BCUT2D eigenvalue weighted by atomic mass is 10.2. The summed E-state index contributed by atoms with van der Waals surface area (Å²) >= 11 is 0. The van der Waals surface area contributed by atoms with Crippen LogP contribution >= 0.6 is 0 Å². The molecule has 1 unspecified atom stereocenters. The van der Waals surface area contributed by atoms with Gasteiger partial charge in [0.05, 0.1) is 7.11 Å². The number of halogens is 2. The summed E-state index contributed by atoms with van der Waals surface area (Å²) in [6.07, 6.45) is -1.08. The van der Waals surface area contributed by atoms with Crippen LogP contribution in [0.25, 0.3) is 0 Å². The average molecular weight is 273 g/mol. The summed E-state index contributed by atoms with van der Waals surface area (Å²) in [5, 5.41) is 2.96. The van der Waals surface area contributed by atoms with Gasteiger partial charge in [-0.15, -0.1) is 0 Å². The molecule has 0 saturated carbocycles. The van der Waals surface area contributed by atoms with Crippen LogP contribution in [0.5, 0.6) is 5.75 Å². The van der Waals surface area contributed by atoms with E-state index in [1.165, 1.54) is 26.2 Å². The lowest BCUT2D eigenvalue weighted by Crippen LogP contribution is -2.26. The van der Waals surface area contributed by atoms with E-state index in [0.717, 1.165) is 0 Å². The van der Waals surface area contributed by atoms with Crippen molar-refractivity contribution in [2.75, 3.05) is 13.7 Å². The fourth-order valence-corrected chi connectivity index (χ4v) is 1.49. The van der Waals surface area contributed by atoms with Crippen molar-refractivity contribution in [1.29, 1.82) is 0 Å². The van der Waals surface area contributed by atoms with E-state index in [1.807, 2.05) is 6.92 Å². The van der Waals surface area contributed by atoms with E-state index in [1.54, 1.807) is 0 Å². The number of rotatable bonds is 6. The molecular formula is C13H17F2NO3. The minimum atomic E-state index is -1.08. The third-order valence-corrected chi connectivity index (χ3v) is 2.46. The van der Waals surface area contributed by atoms with E-state index in [9.17, 15) is 13.6 Å². The average Bonchev–Trinajstić information content (AvgIpc) is 2.39. The molecule has 1 rings (SSSR count). The number of carbonyl (C=O) groups is 1. The van der Waals surface area contributed by atoms with Gasteiger partial charge in [-0.3, -0.25) is 0 Å². The first kappa shape index (κ1) is 15.4. The first-order valence-corrected chi connectivity index (χ1v) is 5.92. The van der Waals surface area contributed by atoms with Crippen LogP contribution < -0.4 is 10.1 Å². The molecule has 0 bridgehead atoms. The second-order valence-electron chi connectivity index (χ2n) is 3.95. The van der Waals surface area contributed by atoms with Gasteiger partial charge in [0, 0.05) is 6.54 Å². The SMILES string of the molecule is CCNCc1cc(F)c(OC(C)C(=O)OC)c(F)c1. The molecule has 0 aliphatic carbocycles. The largest absolute Gasteiger partial charge is 0.473 e. The molecule has 0 amide bonds. The summed E-state index contributed by atoms with van der Waals surface area (Å²) < 4.78 is 36.8. The van der Waals surface area contributed by atoms with E-state index in [0.29, 0.717) is 18.7 Å². The van der Waals surface area contributed by atoms with Gasteiger partial charge in [0.2, 0.25) is 0 Å². The van der Waals surface area contributed by atoms with Gasteiger partial charge in [0.15, 0.2) is 23.5 Å². The van der Waals surface area contributed by atoms with Gasteiger partial charge in [0.25, 0.3) is 0 Å². The molecule has 0 radical (unpaired) electrons. The number of ether oxygens (including phenoxy) is 2. The number of nitrogens with one attached hydrogen (secondary N) is 1. The normalized spacial score (nSPS) is 12.1. The summed E-state index contributed by atoms with van der Waals surface area (Å²) in [4.78, 5) is 11.1. The third kappa shape index (κ3) is 4.17. The lowest BCUT2D eigenvalue weighted by Gasteiger charge is -2.14. The third-order valence-electron chi connectivity index (χ3n) is 2.46. The molecule has 6 heteroatoms. The molecule has 0 aliphatic heterocycles. The summed E-state index contributed by atoms with van der Waals surface area (Å²) in [5.41, 5.74) is 0.468. The second-order valence-corrected chi connectivity index (χ2v) is 3.95. The summed E-state index contributed by atoms with van der Waals surface area (Å²) in [7, 11) is 1.18. The zero-order valence-corrected chi connectivity index (χ0v) is 11.1. The Morgan fingerprint density at radius 1 is 1.37 bits per heavy atom. The van der Waals surface area contributed by atoms with Gasteiger partial charge in [0.1, 0.15) is 0 Å². The minimum absolute atomic E-state index is 0.358. The standard InChI is InChI=1S/C13H17F2NO3/c1-4-16-7-9-5-10(14)12(11(15)6-9)19-8(2)13(17)18-3/h5-6,8,16H,4,7H2,1-3H3. The molecule has 1 aromatic rings. The predicted molar refractivity (Wildman–Crippen MR) is 65.8 cm³/mol. The Bertz CT molecular complexity index is 429. The molecule has 0 fully saturated rings. The maximum atomic E-state index is 13.7. The zero-order valence-electron chi connectivity index (χ0n) is 11.1. The molecule has 106 valence electrons. The Balaban J connectivity index is 2.87. The fourth-order valence-electron chi connectivity index (χ4n) is 1.49. The molecule has 0 heterocycles. The Hall–Kier alpha value is -1.69. The Morgan fingerprint density at radius 2 is 1.95 bits per heavy atom. The minimum Gasteiger partial charge on any atom is -0.473 e. The Morgan fingerprint density at radius 3 is 2.42 bits per heavy atom. The number of carbonyl (C=O) groups excluding carboxylic acids is 1. The van der Waals surface area contributed by atoms with Crippen molar-refractivity contribution in [3.63, 3.8) is 0 Å². The molecule has 1 N–H and O–H groups in total. The number of benzene rings is 1.